The van der Waals surface area contributed by atoms with Gasteiger partial charge in [-0.3, -0.25) is 0 Å². The zero-order valence-electron chi connectivity index (χ0n) is 18.1. The molecule has 0 amide bonds. The molecule has 154 valence electrons. The van der Waals surface area contributed by atoms with E-state index in [2.05, 4.69) is 97.6 Å². The van der Waals surface area contributed by atoms with Crippen molar-refractivity contribution in [3.63, 3.8) is 0 Å². The summed E-state index contributed by atoms with van der Waals surface area (Å²) in [6.07, 6.45) is 2.78. The van der Waals surface area contributed by atoms with Crippen LogP contribution < -0.4 is 10.6 Å². The topological polar surface area (TPSA) is 65.7 Å². The number of aliphatic imine (C=N–C) groups is 1. The van der Waals surface area contributed by atoms with E-state index in [9.17, 15) is 0 Å². The molecule has 28 heavy (non-hydrogen) atoms. The Morgan fingerprint density at radius 2 is 1.89 bits per heavy atom. The Morgan fingerprint density at radius 3 is 2.46 bits per heavy atom. The van der Waals surface area contributed by atoms with E-state index < -0.39 is 0 Å². The number of hydrogen-bond acceptors (Lipinski definition) is 4. The standard InChI is InChI=1S/C22H35N5O/c1-7-23-21(26-16-20-24-15-19(28-20)22(2,3)4)25-14-18(27(5)6)13-17-11-9-8-10-12-17/h8-12,15,18H,7,13-14,16H2,1-6H3,(H2,23,25,26). The number of rotatable bonds is 8. The number of nitrogens with one attached hydrogen (secondary N) is 2. The minimum atomic E-state index is -0.0475. The van der Waals surface area contributed by atoms with Gasteiger partial charge in [-0.25, -0.2) is 9.98 Å². The summed E-state index contributed by atoms with van der Waals surface area (Å²) in [5, 5.41) is 6.76. The Kier molecular flexibility index (Phi) is 8.05. The van der Waals surface area contributed by atoms with Crippen LogP contribution in [-0.4, -0.2) is 49.1 Å². The molecular formula is C22H35N5O. The second-order valence-corrected chi connectivity index (χ2v) is 8.25. The van der Waals surface area contributed by atoms with Gasteiger partial charge in [0, 0.05) is 24.5 Å². The first-order chi connectivity index (χ1) is 13.3. The highest BCUT2D eigenvalue weighted by Gasteiger charge is 2.19. The third-order valence-electron chi connectivity index (χ3n) is 4.56. The predicted octanol–water partition coefficient (Wildman–Crippen LogP) is 3.20. The van der Waals surface area contributed by atoms with Crippen LogP contribution >= 0.6 is 0 Å². The lowest BCUT2D eigenvalue weighted by Crippen LogP contribution is -2.46. The van der Waals surface area contributed by atoms with Gasteiger partial charge in [0.2, 0.25) is 5.89 Å². The van der Waals surface area contributed by atoms with Crippen molar-refractivity contribution in [3.8, 4) is 0 Å². The quantitative estimate of drug-likeness (QED) is 0.540. The average Bonchev–Trinajstić information content (AvgIpc) is 3.13. The molecule has 6 heteroatoms. The fourth-order valence-corrected chi connectivity index (χ4v) is 2.76. The van der Waals surface area contributed by atoms with E-state index in [1.54, 1.807) is 6.20 Å². The van der Waals surface area contributed by atoms with Gasteiger partial charge in [-0.05, 0) is 33.0 Å². The van der Waals surface area contributed by atoms with Crippen LogP contribution in [0.15, 0.2) is 45.9 Å². The van der Waals surface area contributed by atoms with Crippen molar-refractivity contribution >= 4 is 5.96 Å². The Bertz CT molecular complexity index is 731. The van der Waals surface area contributed by atoms with Gasteiger partial charge in [0.1, 0.15) is 12.3 Å². The molecular weight excluding hydrogens is 350 g/mol. The maximum atomic E-state index is 5.84. The molecule has 0 fully saturated rings. The van der Waals surface area contributed by atoms with Gasteiger partial charge in [-0.1, -0.05) is 51.1 Å². The SMILES string of the molecule is CCNC(=NCc1ncc(C(C)(C)C)o1)NCC(Cc1ccccc1)N(C)C. The minimum absolute atomic E-state index is 0.0475. The Hall–Kier alpha value is -2.34. The van der Waals surface area contributed by atoms with Crippen molar-refractivity contribution in [2.45, 2.75) is 52.1 Å². The van der Waals surface area contributed by atoms with Crippen LogP contribution in [0.3, 0.4) is 0 Å². The molecule has 1 atom stereocenters. The van der Waals surface area contributed by atoms with Crippen molar-refractivity contribution < 1.29 is 4.42 Å². The normalized spacial score (nSPS) is 13.6. The molecule has 1 heterocycles. The number of guanidine groups is 1. The number of nitrogens with zero attached hydrogens (tertiary/aromatic N) is 3. The molecule has 0 spiro atoms. The number of hydrogen-bond donors (Lipinski definition) is 2. The molecule has 2 rings (SSSR count). The summed E-state index contributed by atoms with van der Waals surface area (Å²) in [4.78, 5) is 11.2. The van der Waals surface area contributed by atoms with E-state index in [1.807, 2.05) is 0 Å². The molecule has 0 radical (unpaired) electrons. The largest absolute Gasteiger partial charge is 0.443 e. The van der Waals surface area contributed by atoms with Gasteiger partial charge in [0.15, 0.2) is 5.96 Å². The molecule has 1 aromatic heterocycles. The molecule has 2 aromatic rings. The summed E-state index contributed by atoms with van der Waals surface area (Å²) in [5.41, 5.74) is 1.29. The lowest BCUT2D eigenvalue weighted by atomic mass is 9.94. The van der Waals surface area contributed by atoms with Gasteiger partial charge >= 0.3 is 0 Å². The molecule has 0 aliphatic rings. The summed E-state index contributed by atoms with van der Waals surface area (Å²) in [7, 11) is 4.22. The summed E-state index contributed by atoms with van der Waals surface area (Å²) >= 11 is 0. The smallest absolute Gasteiger partial charge is 0.216 e. The third-order valence-corrected chi connectivity index (χ3v) is 4.56. The molecule has 0 bridgehead atoms. The first kappa shape index (κ1) is 22.0. The summed E-state index contributed by atoms with van der Waals surface area (Å²) < 4.78 is 5.84. The fraction of sp³-hybridized carbons (Fsp3) is 0.545. The van der Waals surface area contributed by atoms with Gasteiger partial charge < -0.3 is 20.0 Å². The van der Waals surface area contributed by atoms with E-state index in [-0.39, 0.29) is 5.41 Å². The van der Waals surface area contributed by atoms with Gasteiger partial charge in [0.25, 0.3) is 0 Å². The van der Waals surface area contributed by atoms with Crippen molar-refractivity contribution in [1.82, 2.24) is 20.5 Å². The van der Waals surface area contributed by atoms with Crippen molar-refractivity contribution in [2.75, 3.05) is 27.2 Å². The lowest BCUT2D eigenvalue weighted by molar-refractivity contribution is 0.290. The fourth-order valence-electron chi connectivity index (χ4n) is 2.76. The predicted molar refractivity (Wildman–Crippen MR) is 116 cm³/mol. The molecule has 0 aliphatic heterocycles. The van der Waals surface area contributed by atoms with Gasteiger partial charge in [-0.2, -0.15) is 0 Å². The summed E-state index contributed by atoms with van der Waals surface area (Å²) in [6, 6.07) is 10.9. The zero-order chi connectivity index (χ0) is 20.6. The number of oxazole rings is 1. The van der Waals surface area contributed by atoms with Crippen LogP contribution in [0.4, 0.5) is 0 Å². The highest BCUT2D eigenvalue weighted by Crippen LogP contribution is 2.22. The van der Waals surface area contributed by atoms with E-state index in [0.717, 1.165) is 31.2 Å². The van der Waals surface area contributed by atoms with E-state index >= 15 is 0 Å². The second-order valence-electron chi connectivity index (χ2n) is 8.25. The Labute approximate surface area is 169 Å². The third kappa shape index (κ3) is 7.00. The summed E-state index contributed by atoms with van der Waals surface area (Å²) in [5.74, 6) is 2.29. The molecule has 0 saturated carbocycles. The van der Waals surface area contributed by atoms with Crippen molar-refractivity contribution in [3.05, 3.63) is 53.7 Å². The molecule has 0 saturated heterocycles. The molecule has 0 aliphatic carbocycles. The lowest BCUT2D eigenvalue weighted by Gasteiger charge is -2.25. The van der Waals surface area contributed by atoms with Gasteiger partial charge in [0.05, 0.1) is 6.20 Å². The van der Waals surface area contributed by atoms with Crippen molar-refractivity contribution in [1.29, 1.82) is 0 Å². The number of likely N-dealkylation sites (N-methyl/N-ethyl adjacent to an activating group) is 1. The summed E-state index contributed by atoms with van der Waals surface area (Å²) in [6.45, 7) is 10.4. The van der Waals surface area contributed by atoms with E-state index in [0.29, 0.717) is 18.5 Å². The second kappa shape index (κ2) is 10.3. The van der Waals surface area contributed by atoms with Crippen LogP contribution in [0.5, 0.6) is 0 Å². The van der Waals surface area contributed by atoms with Crippen molar-refractivity contribution in [2.24, 2.45) is 4.99 Å². The molecule has 2 N–H and O–H groups in total. The highest BCUT2D eigenvalue weighted by atomic mass is 16.4. The van der Waals surface area contributed by atoms with E-state index in [1.165, 1.54) is 5.56 Å². The van der Waals surface area contributed by atoms with E-state index in [4.69, 9.17) is 4.42 Å². The number of aromatic nitrogens is 1. The van der Waals surface area contributed by atoms with Crippen LogP contribution in [0.2, 0.25) is 0 Å². The highest BCUT2D eigenvalue weighted by molar-refractivity contribution is 5.79. The minimum Gasteiger partial charge on any atom is -0.443 e. The molecule has 1 aromatic carbocycles. The maximum Gasteiger partial charge on any atom is 0.216 e. The Morgan fingerprint density at radius 1 is 1.18 bits per heavy atom. The average molecular weight is 386 g/mol. The zero-order valence-corrected chi connectivity index (χ0v) is 18.1. The van der Waals surface area contributed by atoms with Gasteiger partial charge in [-0.15, -0.1) is 0 Å². The Balaban J connectivity index is 1.98. The van der Waals surface area contributed by atoms with Crippen LogP contribution in [-0.2, 0) is 18.4 Å². The first-order valence-corrected chi connectivity index (χ1v) is 9.97. The first-order valence-electron chi connectivity index (χ1n) is 9.97. The van der Waals surface area contributed by atoms with Crippen LogP contribution in [0, 0.1) is 0 Å². The monoisotopic (exact) mass is 385 g/mol. The molecule has 6 nitrogen and oxygen atoms in total. The number of benzene rings is 1. The maximum absolute atomic E-state index is 5.84. The van der Waals surface area contributed by atoms with Crippen LogP contribution in [0.25, 0.3) is 0 Å². The molecule has 1 unspecified atom stereocenters. The van der Waals surface area contributed by atoms with Crippen LogP contribution in [0.1, 0.15) is 44.9 Å².